The fraction of sp³-hybridized carbons (Fsp3) is 0.300. The molecule has 0 aromatic heterocycles. The second-order valence-corrected chi connectivity index (χ2v) is 2.03. The van der Waals surface area contributed by atoms with Crippen molar-refractivity contribution in [1.29, 1.82) is 0 Å². The molecule has 0 aliphatic rings. The van der Waals surface area contributed by atoms with Gasteiger partial charge in [0.15, 0.2) is 5.78 Å². The van der Waals surface area contributed by atoms with Crippen LogP contribution in [0, 0.1) is 12.8 Å². The van der Waals surface area contributed by atoms with E-state index in [1.807, 2.05) is 0 Å². The maximum absolute atomic E-state index is 12.6. The van der Waals surface area contributed by atoms with E-state index in [9.17, 15) is 9.18 Å². The second-order valence-electron chi connectivity index (χ2n) is 2.03. The molecule has 0 saturated heterocycles. The van der Waals surface area contributed by atoms with Gasteiger partial charge in [-0.25, -0.2) is 4.39 Å². The summed E-state index contributed by atoms with van der Waals surface area (Å²) in [6, 6.07) is 0. The summed E-state index contributed by atoms with van der Waals surface area (Å²) in [7, 11) is 0. The van der Waals surface area contributed by atoms with Gasteiger partial charge in [0.2, 0.25) is 0 Å². The van der Waals surface area contributed by atoms with E-state index < -0.39 is 5.83 Å². The molecule has 0 unspecified atom stereocenters. The van der Waals surface area contributed by atoms with Crippen LogP contribution in [-0.2, 0) is 4.79 Å². The quantitative estimate of drug-likeness (QED) is 0.352. The average molecular weight is 168 g/mol. The third kappa shape index (κ3) is 5.43. The van der Waals surface area contributed by atoms with E-state index in [0.29, 0.717) is 0 Å². The van der Waals surface area contributed by atoms with Crippen molar-refractivity contribution in [3.63, 3.8) is 0 Å². The molecule has 0 amide bonds. The summed E-state index contributed by atoms with van der Waals surface area (Å²) in [4.78, 5) is 10.5. The SMILES string of the molecule is C#C.C/C=C\C(F)=C(/C)C(C)=O. The Bertz CT molecular complexity index is 221. The molecule has 0 saturated carbocycles. The Balaban J connectivity index is 0. The third-order valence-electron chi connectivity index (χ3n) is 1.20. The predicted octanol–water partition coefficient (Wildman–Crippen LogP) is 2.64. The molecule has 0 aromatic carbocycles. The van der Waals surface area contributed by atoms with E-state index >= 15 is 0 Å². The van der Waals surface area contributed by atoms with E-state index in [4.69, 9.17) is 0 Å². The lowest BCUT2D eigenvalue weighted by molar-refractivity contribution is -0.113. The number of hydrogen-bond acceptors (Lipinski definition) is 1. The van der Waals surface area contributed by atoms with Gasteiger partial charge in [-0.15, -0.1) is 12.8 Å². The number of terminal acetylenes is 1. The summed E-state index contributed by atoms with van der Waals surface area (Å²) in [6.07, 6.45) is 10.8. The zero-order valence-corrected chi connectivity index (χ0v) is 7.60. The Labute approximate surface area is 73.0 Å². The first-order valence-electron chi connectivity index (χ1n) is 3.43. The molecule has 0 spiro atoms. The van der Waals surface area contributed by atoms with Crippen LogP contribution >= 0.6 is 0 Å². The van der Waals surface area contributed by atoms with Crippen molar-refractivity contribution in [2.45, 2.75) is 20.8 Å². The summed E-state index contributed by atoms with van der Waals surface area (Å²) in [6.45, 7) is 4.52. The molecule has 2 heteroatoms. The van der Waals surface area contributed by atoms with Gasteiger partial charge in [0.25, 0.3) is 0 Å². The second kappa shape index (κ2) is 7.74. The van der Waals surface area contributed by atoms with Crippen LogP contribution in [0.4, 0.5) is 4.39 Å². The van der Waals surface area contributed by atoms with E-state index in [-0.39, 0.29) is 11.4 Å². The van der Waals surface area contributed by atoms with Crippen molar-refractivity contribution < 1.29 is 9.18 Å². The van der Waals surface area contributed by atoms with Crippen LogP contribution in [0.2, 0.25) is 0 Å². The van der Waals surface area contributed by atoms with Gasteiger partial charge >= 0.3 is 0 Å². The Morgan fingerprint density at radius 1 is 1.33 bits per heavy atom. The minimum absolute atomic E-state index is 0.179. The van der Waals surface area contributed by atoms with Crippen LogP contribution < -0.4 is 0 Å². The van der Waals surface area contributed by atoms with Crippen molar-refractivity contribution in [3.8, 4) is 12.8 Å². The summed E-state index contributed by atoms with van der Waals surface area (Å²) < 4.78 is 12.6. The monoisotopic (exact) mass is 168 g/mol. The van der Waals surface area contributed by atoms with Gasteiger partial charge in [0.1, 0.15) is 5.83 Å². The van der Waals surface area contributed by atoms with Gasteiger partial charge in [-0.3, -0.25) is 4.79 Å². The van der Waals surface area contributed by atoms with Gasteiger partial charge in [-0.2, -0.15) is 0 Å². The molecule has 12 heavy (non-hydrogen) atoms. The standard InChI is InChI=1S/C8H11FO.C2H2/c1-4-5-8(9)6(2)7(3)10;1-2/h4-5H,1-3H3;1-2H/b5-4-,8-6-;. The number of hydrogen-bond donors (Lipinski definition) is 0. The van der Waals surface area contributed by atoms with Crippen LogP contribution in [0.5, 0.6) is 0 Å². The first kappa shape index (κ1) is 13.2. The number of rotatable bonds is 2. The molecule has 0 bridgehead atoms. The fourth-order valence-corrected chi connectivity index (χ4v) is 0.439. The molecule has 1 nitrogen and oxygen atoms in total. The highest BCUT2D eigenvalue weighted by Gasteiger charge is 2.01. The Morgan fingerprint density at radius 3 is 2.00 bits per heavy atom. The van der Waals surface area contributed by atoms with Crippen LogP contribution in [0.3, 0.4) is 0 Å². The molecule has 0 N–H and O–H groups in total. The maximum atomic E-state index is 12.6. The molecule has 0 radical (unpaired) electrons. The summed E-state index contributed by atoms with van der Waals surface area (Å²) in [5.41, 5.74) is 0.179. The van der Waals surface area contributed by atoms with E-state index in [0.717, 1.165) is 0 Å². The minimum atomic E-state index is -0.449. The average Bonchev–Trinajstić information content (AvgIpc) is 2.07. The highest BCUT2D eigenvalue weighted by molar-refractivity contribution is 5.93. The molecule has 0 aliphatic carbocycles. The number of allylic oxidation sites excluding steroid dienone is 4. The summed E-state index contributed by atoms with van der Waals surface area (Å²) in [5, 5.41) is 0. The normalized spacial score (nSPS) is 11.5. The molecular weight excluding hydrogens is 155 g/mol. The highest BCUT2D eigenvalue weighted by Crippen LogP contribution is 2.07. The predicted molar refractivity (Wildman–Crippen MR) is 49.2 cm³/mol. The van der Waals surface area contributed by atoms with Crippen molar-refractivity contribution >= 4 is 5.78 Å². The van der Waals surface area contributed by atoms with Crippen molar-refractivity contribution in [2.24, 2.45) is 0 Å². The lowest BCUT2D eigenvalue weighted by Gasteiger charge is -1.92. The highest BCUT2D eigenvalue weighted by atomic mass is 19.1. The molecule has 0 rings (SSSR count). The largest absolute Gasteiger partial charge is 0.295 e. The van der Waals surface area contributed by atoms with Gasteiger partial charge < -0.3 is 0 Å². The zero-order valence-electron chi connectivity index (χ0n) is 7.60. The van der Waals surface area contributed by atoms with Gasteiger partial charge in [0.05, 0.1) is 0 Å². The summed E-state index contributed by atoms with van der Waals surface area (Å²) in [5.74, 6) is -0.675. The maximum Gasteiger partial charge on any atom is 0.158 e. The van der Waals surface area contributed by atoms with Crippen LogP contribution in [0.15, 0.2) is 23.6 Å². The zero-order chi connectivity index (χ0) is 10.1. The lowest BCUT2D eigenvalue weighted by Crippen LogP contribution is -1.92. The van der Waals surface area contributed by atoms with Gasteiger partial charge in [0, 0.05) is 5.57 Å². The minimum Gasteiger partial charge on any atom is -0.295 e. The molecule has 66 valence electrons. The van der Waals surface area contributed by atoms with Crippen molar-refractivity contribution in [2.75, 3.05) is 0 Å². The van der Waals surface area contributed by atoms with Crippen molar-refractivity contribution in [1.82, 2.24) is 0 Å². The molecule has 0 fully saturated rings. The number of ketones is 1. The number of carbonyl (C=O) groups excluding carboxylic acids is 1. The smallest absolute Gasteiger partial charge is 0.158 e. The Hall–Kier alpha value is -1.36. The van der Waals surface area contributed by atoms with Crippen LogP contribution in [0.1, 0.15) is 20.8 Å². The molecule has 0 aromatic rings. The van der Waals surface area contributed by atoms with E-state index in [1.54, 1.807) is 13.0 Å². The van der Waals surface area contributed by atoms with Crippen molar-refractivity contribution in [3.05, 3.63) is 23.6 Å². The molecular formula is C10H13FO. The molecule has 0 atom stereocenters. The number of halogens is 1. The first-order chi connectivity index (χ1) is 5.59. The topological polar surface area (TPSA) is 17.1 Å². The Morgan fingerprint density at radius 2 is 1.75 bits per heavy atom. The fourth-order valence-electron chi connectivity index (χ4n) is 0.439. The van der Waals surface area contributed by atoms with Crippen LogP contribution in [-0.4, -0.2) is 5.78 Å². The Kier molecular flexibility index (Phi) is 8.55. The molecule has 0 aliphatic heterocycles. The number of carbonyl (C=O) groups is 1. The van der Waals surface area contributed by atoms with E-state index in [2.05, 4.69) is 12.8 Å². The number of Topliss-reactive ketones (excluding diaryl/α,β-unsaturated/α-hetero) is 1. The van der Waals surface area contributed by atoms with Gasteiger partial charge in [-0.1, -0.05) is 6.08 Å². The van der Waals surface area contributed by atoms with Crippen LogP contribution in [0.25, 0.3) is 0 Å². The lowest BCUT2D eigenvalue weighted by atomic mass is 10.2. The molecule has 0 heterocycles. The summed E-state index contributed by atoms with van der Waals surface area (Å²) >= 11 is 0. The third-order valence-corrected chi connectivity index (χ3v) is 1.20. The first-order valence-corrected chi connectivity index (χ1v) is 3.43. The van der Waals surface area contributed by atoms with E-state index in [1.165, 1.54) is 19.9 Å². The van der Waals surface area contributed by atoms with Gasteiger partial charge in [-0.05, 0) is 26.8 Å².